The Balaban J connectivity index is 1.70. The van der Waals surface area contributed by atoms with Gasteiger partial charge in [-0.05, 0) is 61.4 Å². The van der Waals surface area contributed by atoms with Gasteiger partial charge in [0.25, 0.3) is 0 Å². The van der Waals surface area contributed by atoms with Crippen molar-refractivity contribution in [2.75, 3.05) is 5.32 Å². The first-order valence-corrected chi connectivity index (χ1v) is 8.83. The maximum absolute atomic E-state index is 12.6. The summed E-state index contributed by atoms with van der Waals surface area (Å²) in [6.07, 6.45) is 1.53. The van der Waals surface area contributed by atoms with Crippen LogP contribution in [0, 0.1) is 13.8 Å². The lowest BCUT2D eigenvalue weighted by Gasteiger charge is -2.11. The zero-order chi connectivity index (χ0) is 19.8. The van der Waals surface area contributed by atoms with Gasteiger partial charge in [0.2, 0.25) is 5.91 Å². The number of phenols is 1. The van der Waals surface area contributed by atoms with Crippen LogP contribution in [0.25, 0.3) is 21.9 Å². The van der Waals surface area contributed by atoms with Crippen LogP contribution in [0.3, 0.4) is 0 Å². The molecule has 0 spiro atoms. The number of carbonyl (C=O) groups is 1. The van der Waals surface area contributed by atoms with Crippen LogP contribution in [-0.2, 0) is 11.2 Å². The first kappa shape index (κ1) is 17.7. The molecule has 2 aromatic carbocycles. The van der Waals surface area contributed by atoms with Gasteiger partial charge < -0.3 is 14.8 Å². The fourth-order valence-corrected chi connectivity index (χ4v) is 3.43. The molecule has 4 rings (SSSR count). The van der Waals surface area contributed by atoms with Crippen LogP contribution in [-0.4, -0.2) is 16.0 Å². The topological polar surface area (TPSA) is 92.4 Å². The van der Waals surface area contributed by atoms with E-state index in [0.717, 1.165) is 16.5 Å². The number of nitrogens with zero attached hydrogens (tertiary/aromatic N) is 1. The van der Waals surface area contributed by atoms with Gasteiger partial charge in [-0.25, -0.2) is 4.79 Å². The van der Waals surface area contributed by atoms with Crippen LogP contribution in [0.1, 0.15) is 16.7 Å². The molecule has 2 aromatic heterocycles. The largest absolute Gasteiger partial charge is 0.507 e. The molecule has 0 aliphatic heterocycles. The Morgan fingerprint density at radius 3 is 2.82 bits per heavy atom. The first-order chi connectivity index (χ1) is 13.4. The highest BCUT2D eigenvalue weighted by molar-refractivity contribution is 6.02. The third kappa shape index (κ3) is 3.09. The molecule has 0 saturated heterocycles. The van der Waals surface area contributed by atoms with E-state index in [9.17, 15) is 14.7 Å². The molecule has 140 valence electrons. The van der Waals surface area contributed by atoms with Crippen LogP contribution in [0.15, 0.2) is 57.9 Å². The molecular weight excluding hydrogens is 356 g/mol. The number of aryl methyl sites for hydroxylation is 2. The summed E-state index contributed by atoms with van der Waals surface area (Å²) in [7, 11) is 0. The number of aromatic hydroxyl groups is 1. The summed E-state index contributed by atoms with van der Waals surface area (Å²) in [6.45, 7) is 3.51. The fraction of sp³-hybridized carbons (Fsp3) is 0.136. The van der Waals surface area contributed by atoms with Crippen molar-refractivity contribution in [3.63, 3.8) is 0 Å². The van der Waals surface area contributed by atoms with Crippen LogP contribution in [0.4, 0.5) is 5.69 Å². The third-order valence-electron chi connectivity index (χ3n) is 4.76. The van der Waals surface area contributed by atoms with Crippen molar-refractivity contribution in [2.45, 2.75) is 20.3 Å². The van der Waals surface area contributed by atoms with E-state index in [-0.39, 0.29) is 23.6 Å². The summed E-state index contributed by atoms with van der Waals surface area (Å²) in [4.78, 5) is 29.3. The van der Waals surface area contributed by atoms with E-state index in [1.165, 1.54) is 0 Å². The Hall–Kier alpha value is -3.67. The number of rotatable bonds is 3. The molecule has 2 N–H and O–H groups in total. The predicted molar refractivity (Wildman–Crippen MR) is 108 cm³/mol. The van der Waals surface area contributed by atoms with Crippen molar-refractivity contribution < 1.29 is 14.3 Å². The summed E-state index contributed by atoms with van der Waals surface area (Å²) in [5.41, 5.74) is 2.66. The first-order valence-electron chi connectivity index (χ1n) is 8.83. The molecule has 0 bridgehead atoms. The van der Waals surface area contributed by atoms with Crippen LogP contribution >= 0.6 is 0 Å². The second-order valence-electron chi connectivity index (χ2n) is 6.75. The summed E-state index contributed by atoms with van der Waals surface area (Å²) < 4.78 is 5.35. The zero-order valence-corrected chi connectivity index (χ0v) is 15.4. The molecule has 6 heteroatoms. The highest BCUT2D eigenvalue weighted by Gasteiger charge is 2.18. The Bertz CT molecular complexity index is 1290. The van der Waals surface area contributed by atoms with E-state index >= 15 is 0 Å². The molecule has 0 unspecified atom stereocenters. The molecule has 0 saturated carbocycles. The molecular formula is C22H18N2O4. The number of hydrogen-bond acceptors (Lipinski definition) is 5. The molecule has 28 heavy (non-hydrogen) atoms. The quantitative estimate of drug-likeness (QED) is 0.532. The highest BCUT2D eigenvalue weighted by atomic mass is 16.4. The minimum Gasteiger partial charge on any atom is -0.507 e. The average molecular weight is 374 g/mol. The molecule has 2 heterocycles. The van der Waals surface area contributed by atoms with Crippen LogP contribution in [0.5, 0.6) is 5.75 Å². The predicted octanol–water partition coefficient (Wildman–Crippen LogP) is 3.84. The second kappa shape index (κ2) is 6.81. The van der Waals surface area contributed by atoms with E-state index < -0.39 is 5.63 Å². The lowest BCUT2D eigenvalue weighted by molar-refractivity contribution is -0.115. The number of carbonyl (C=O) groups excluding carboxylic acids is 1. The minimum absolute atomic E-state index is 0.0260. The van der Waals surface area contributed by atoms with Gasteiger partial charge in [-0.15, -0.1) is 0 Å². The molecule has 4 aromatic rings. The van der Waals surface area contributed by atoms with Crippen molar-refractivity contribution in [2.24, 2.45) is 0 Å². The normalized spacial score (nSPS) is 11.1. The van der Waals surface area contributed by atoms with Gasteiger partial charge in [0.1, 0.15) is 11.3 Å². The van der Waals surface area contributed by atoms with Gasteiger partial charge in [0, 0.05) is 11.6 Å². The number of amides is 1. The Morgan fingerprint density at radius 2 is 2.00 bits per heavy atom. The maximum atomic E-state index is 12.6. The SMILES string of the molecule is Cc1cc(O)c2c(C)c(CC(=O)Nc3cccc4ncccc34)c(=O)oc2c1. The van der Waals surface area contributed by atoms with Gasteiger partial charge >= 0.3 is 5.63 Å². The Kier molecular flexibility index (Phi) is 4.31. The van der Waals surface area contributed by atoms with E-state index in [0.29, 0.717) is 22.2 Å². The number of benzene rings is 2. The molecule has 1 amide bonds. The standard InChI is InChI=1S/C22H18N2O4/c1-12-9-18(25)21-13(2)15(22(27)28-19(21)10-12)11-20(26)24-17-7-3-6-16-14(17)5-4-8-23-16/h3-10,25H,11H2,1-2H3,(H,24,26). The number of anilines is 1. The molecule has 0 radical (unpaired) electrons. The van der Waals surface area contributed by atoms with E-state index in [1.54, 1.807) is 50.4 Å². The van der Waals surface area contributed by atoms with Crippen molar-refractivity contribution in [3.05, 3.63) is 75.8 Å². The monoisotopic (exact) mass is 374 g/mol. The summed E-state index contributed by atoms with van der Waals surface area (Å²) in [6, 6.07) is 12.4. The average Bonchev–Trinajstić information content (AvgIpc) is 2.64. The van der Waals surface area contributed by atoms with Crippen molar-refractivity contribution in [1.82, 2.24) is 4.98 Å². The molecule has 0 atom stereocenters. The van der Waals surface area contributed by atoms with Gasteiger partial charge in [-0.1, -0.05) is 6.07 Å². The minimum atomic E-state index is -0.579. The third-order valence-corrected chi connectivity index (χ3v) is 4.76. The van der Waals surface area contributed by atoms with Crippen molar-refractivity contribution in [1.29, 1.82) is 0 Å². The highest BCUT2D eigenvalue weighted by Crippen LogP contribution is 2.30. The summed E-state index contributed by atoms with van der Waals surface area (Å²) >= 11 is 0. The van der Waals surface area contributed by atoms with Crippen LogP contribution in [0.2, 0.25) is 0 Å². The van der Waals surface area contributed by atoms with Crippen molar-refractivity contribution >= 4 is 33.5 Å². The zero-order valence-electron chi connectivity index (χ0n) is 15.4. The maximum Gasteiger partial charge on any atom is 0.340 e. The number of phenolic OH excluding ortho intramolecular Hbond substituents is 1. The molecule has 0 aliphatic rings. The van der Waals surface area contributed by atoms with Crippen LogP contribution < -0.4 is 10.9 Å². The molecule has 0 fully saturated rings. The fourth-order valence-electron chi connectivity index (χ4n) is 3.43. The van der Waals surface area contributed by atoms with E-state index in [1.807, 2.05) is 12.1 Å². The lowest BCUT2D eigenvalue weighted by Crippen LogP contribution is -2.20. The smallest absolute Gasteiger partial charge is 0.340 e. The Labute approximate surface area is 160 Å². The van der Waals surface area contributed by atoms with E-state index in [4.69, 9.17) is 4.42 Å². The summed E-state index contributed by atoms with van der Waals surface area (Å²) in [5.74, 6) is -0.323. The van der Waals surface area contributed by atoms with Gasteiger partial charge in [0.15, 0.2) is 0 Å². The lowest BCUT2D eigenvalue weighted by atomic mass is 10.0. The molecule has 0 aliphatic carbocycles. The van der Waals surface area contributed by atoms with Crippen molar-refractivity contribution in [3.8, 4) is 5.75 Å². The van der Waals surface area contributed by atoms with Gasteiger partial charge in [0.05, 0.1) is 28.6 Å². The number of pyridine rings is 1. The van der Waals surface area contributed by atoms with Gasteiger partial charge in [-0.2, -0.15) is 0 Å². The number of nitrogens with one attached hydrogen (secondary N) is 1. The summed E-state index contributed by atoms with van der Waals surface area (Å²) in [5, 5.41) is 14.4. The van der Waals surface area contributed by atoms with Gasteiger partial charge in [-0.3, -0.25) is 9.78 Å². The Morgan fingerprint density at radius 1 is 1.18 bits per heavy atom. The number of fused-ring (bicyclic) bond motifs is 2. The number of hydrogen-bond donors (Lipinski definition) is 2. The second-order valence-corrected chi connectivity index (χ2v) is 6.75. The number of aromatic nitrogens is 1. The van der Waals surface area contributed by atoms with E-state index in [2.05, 4.69) is 10.3 Å². The molecule has 6 nitrogen and oxygen atoms in total.